The van der Waals surface area contributed by atoms with E-state index >= 15 is 0 Å². The first-order valence-electron chi connectivity index (χ1n) is 12.6. The topological polar surface area (TPSA) is 0 Å². The third-order valence-corrected chi connectivity index (χ3v) is 11.1. The maximum Gasteiger partial charge on any atom is -0.0238 e. The molecule has 0 nitrogen and oxygen atoms in total. The second-order valence-electron chi connectivity index (χ2n) is 9.16. The van der Waals surface area contributed by atoms with E-state index in [1.54, 1.807) is 13.3 Å². The molecule has 172 valence electrons. The van der Waals surface area contributed by atoms with Crippen LogP contribution in [0.15, 0.2) is 125 Å². The van der Waals surface area contributed by atoms with E-state index in [-0.39, 0.29) is 0 Å². The molecule has 2 aliphatic carbocycles. The van der Waals surface area contributed by atoms with Crippen molar-refractivity contribution in [1.29, 1.82) is 0 Å². The second kappa shape index (κ2) is 11.6. The minimum atomic E-state index is -1.44. The van der Waals surface area contributed by atoms with Crippen molar-refractivity contribution in [2.75, 3.05) is 0 Å². The van der Waals surface area contributed by atoms with Gasteiger partial charge in [-0.15, -0.1) is 0 Å². The van der Waals surface area contributed by atoms with E-state index in [1.807, 2.05) is 0 Å². The van der Waals surface area contributed by atoms with Crippen LogP contribution in [0, 0.1) is 0 Å². The molecule has 0 saturated carbocycles. The van der Waals surface area contributed by atoms with Gasteiger partial charge in [0.05, 0.1) is 0 Å². The Bertz CT molecular complexity index is 1340. The third kappa shape index (κ3) is 5.62. The molecular formula is C34H32Ti. The zero-order valence-electron chi connectivity index (χ0n) is 20.5. The van der Waals surface area contributed by atoms with Crippen LogP contribution in [0.4, 0.5) is 0 Å². The number of benzene rings is 4. The maximum atomic E-state index is 2.51. The standard InChI is InChI=1S/C14H14.C13H9.C5H5.C2H4.Ti/c1-3-7-13(8-4-1)11-12-14-9-5-2-6-10-14;1-3-7-12-10(5-1)9-11-6-2-4-8-13(11)12;1-2-4-5-3-1;1-2;/h1-10H,11-12H2;1-5,7-8H,9H2;1-3H,4H2;1H,2H3;. The van der Waals surface area contributed by atoms with Crippen LogP contribution < -0.4 is 3.87 Å². The van der Waals surface area contributed by atoms with Gasteiger partial charge < -0.3 is 0 Å². The van der Waals surface area contributed by atoms with Crippen molar-refractivity contribution >= 4 is 8.18 Å². The monoisotopic (exact) mass is 488 g/mol. The molecule has 0 heterocycles. The molecule has 0 spiro atoms. The van der Waals surface area contributed by atoms with E-state index in [4.69, 9.17) is 0 Å². The van der Waals surface area contributed by atoms with Crippen LogP contribution in [-0.4, -0.2) is 4.31 Å². The van der Waals surface area contributed by atoms with Gasteiger partial charge in [0.1, 0.15) is 0 Å². The zero-order valence-corrected chi connectivity index (χ0v) is 22.0. The van der Waals surface area contributed by atoms with Crippen molar-refractivity contribution in [3.05, 3.63) is 147 Å². The molecule has 6 rings (SSSR count). The van der Waals surface area contributed by atoms with Crippen molar-refractivity contribution in [1.82, 2.24) is 0 Å². The first-order chi connectivity index (χ1) is 17.3. The largest absolute Gasteiger partial charge is 0.0622 e. The normalized spacial score (nSPS) is 13.5. The van der Waals surface area contributed by atoms with E-state index in [1.165, 1.54) is 27.8 Å². The minimum absolute atomic E-state index is 1.12. The molecule has 0 bridgehead atoms. The van der Waals surface area contributed by atoms with Crippen LogP contribution in [0.2, 0.25) is 0 Å². The molecule has 0 atom stereocenters. The molecule has 0 aliphatic heterocycles. The summed E-state index contributed by atoms with van der Waals surface area (Å²) in [6.45, 7) is 2.26. The summed E-state index contributed by atoms with van der Waals surface area (Å²) in [7, 11) is 0. The second-order valence-corrected chi connectivity index (χ2v) is 13.2. The van der Waals surface area contributed by atoms with Crippen molar-refractivity contribution in [2.45, 2.75) is 32.6 Å². The van der Waals surface area contributed by atoms with Crippen LogP contribution in [0.3, 0.4) is 0 Å². The minimum Gasteiger partial charge on any atom is -0.0622 e. The third-order valence-electron chi connectivity index (χ3n) is 6.93. The van der Waals surface area contributed by atoms with E-state index in [0.29, 0.717) is 0 Å². The van der Waals surface area contributed by atoms with Gasteiger partial charge in [0.2, 0.25) is 0 Å². The molecule has 1 heteroatoms. The molecule has 0 saturated heterocycles. The molecule has 0 unspecified atom stereocenters. The Morgan fingerprint density at radius 2 is 1.31 bits per heavy atom. The van der Waals surface area contributed by atoms with Crippen LogP contribution in [-0.2, 0) is 36.7 Å². The average molecular weight is 488 g/mol. The fourth-order valence-corrected chi connectivity index (χ4v) is 9.00. The number of allylic oxidation sites excluding steroid dienone is 4. The summed E-state index contributed by atoms with van der Waals surface area (Å²) in [5.74, 6) is 0. The van der Waals surface area contributed by atoms with E-state index in [0.717, 1.165) is 25.7 Å². The van der Waals surface area contributed by atoms with Crippen LogP contribution >= 0.6 is 0 Å². The van der Waals surface area contributed by atoms with Gasteiger partial charge in [-0.05, 0) is 24.0 Å². The molecule has 4 aromatic carbocycles. The Morgan fingerprint density at radius 1 is 0.686 bits per heavy atom. The number of fused-ring (bicyclic) bond motifs is 3. The average Bonchev–Trinajstić information content (AvgIpc) is 3.58. The molecular weight excluding hydrogens is 456 g/mol. The Labute approximate surface area is 216 Å². The van der Waals surface area contributed by atoms with E-state index < -0.39 is 17.4 Å². The zero-order chi connectivity index (χ0) is 23.9. The quantitative estimate of drug-likeness (QED) is 0.223. The molecule has 2 aliphatic rings. The Hall–Kier alpha value is -3.06. The molecule has 35 heavy (non-hydrogen) atoms. The summed E-state index contributed by atoms with van der Waals surface area (Å²) in [6.07, 6.45) is 11.4. The first-order valence-corrected chi connectivity index (χ1v) is 15.1. The van der Waals surface area contributed by atoms with Gasteiger partial charge in [0.25, 0.3) is 0 Å². The number of rotatable bonds is 5. The molecule has 0 radical (unpaired) electrons. The van der Waals surface area contributed by atoms with Crippen LogP contribution in [0.1, 0.15) is 35.6 Å². The Kier molecular flexibility index (Phi) is 7.83. The SMILES string of the molecule is C/[CH]=[Ti](\[C]1=CC=CC1)[c]1cccc2c1Cc1ccccc1-2.c1ccc(CCc2ccccc2)cc1. The van der Waals surface area contributed by atoms with Gasteiger partial charge in [0, 0.05) is 0 Å². The predicted octanol–water partition coefficient (Wildman–Crippen LogP) is 7.64. The number of hydrogen-bond donors (Lipinski definition) is 0. The van der Waals surface area contributed by atoms with Gasteiger partial charge in [0.15, 0.2) is 0 Å². The molecule has 0 N–H and O–H groups in total. The summed E-state index contributed by atoms with van der Waals surface area (Å²) >= 11 is -1.44. The van der Waals surface area contributed by atoms with Crippen molar-refractivity contribution in [3.8, 4) is 11.1 Å². The summed E-state index contributed by atoms with van der Waals surface area (Å²) in [5.41, 5.74) is 8.84. The van der Waals surface area contributed by atoms with Crippen molar-refractivity contribution in [2.24, 2.45) is 0 Å². The molecule has 4 aromatic rings. The molecule has 0 aromatic heterocycles. The summed E-state index contributed by atoms with van der Waals surface area (Å²) in [4.78, 5) is 0. The maximum absolute atomic E-state index is 2.51. The summed E-state index contributed by atoms with van der Waals surface area (Å²) < 4.78 is 5.85. The Morgan fingerprint density at radius 3 is 1.94 bits per heavy atom. The van der Waals surface area contributed by atoms with Gasteiger partial charge in [-0.3, -0.25) is 0 Å². The van der Waals surface area contributed by atoms with E-state index in [9.17, 15) is 0 Å². The summed E-state index contributed by atoms with van der Waals surface area (Å²) in [6, 6.07) is 37.1. The summed E-state index contributed by atoms with van der Waals surface area (Å²) in [5, 5.41) is 0. The smallest absolute Gasteiger partial charge is 0.0238 e. The fraction of sp³-hybridized carbons (Fsp3) is 0.147. The predicted molar refractivity (Wildman–Crippen MR) is 148 cm³/mol. The van der Waals surface area contributed by atoms with Gasteiger partial charge >= 0.3 is 132 Å². The van der Waals surface area contributed by atoms with Gasteiger partial charge in [-0.2, -0.15) is 0 Å². The van der Waals surface area contributed by atoms with Crippen LogP contribution in [0.25, 0.3) is 11.1 Å². The van der Waals surface area contributed by atoms with E-state index in [2.05, 4.69) is 133 Å². The van der Waals surface area contributed by atoms with Crippen molar-refractivity contribution in [3.63, 3.8) is 0 Å². The molecule has 0 amide bonds. The fourth-order valence-electron chi connectivity index (χ4n) is 5.15. The van der Waals surface area contributed by atoms with Gasteiger partial charge in [-0.1, -0.05) is 60.7 Å². The Balaban J connectivity index is 0.000000158. The first kappa shape index (κ1) is 23.7. The molecule has 0 fully saturated rings. The van der Waals surface area contributed by atoms with Crippen molar-refractivity contribution < 1.29 is 17.4 Å². The van der Waals surface area contributed by atoms with Gasteiger partial charge in [-0.25, -0.2) is 0 Å². The number of hydrogen-bond acceptors (Lipinski definition) is 0. The number of aryl methyl sites for hydroxylation is 2. The van der Waals surface area contributed by atoms with Crippen LogP contribution in [0.5, 0.6) is 0 Å².